The van der Waals surface area contributed by atoms with E-state index < -0.39 is 0 Å². The molecule has 1 unspecified atom stereocenters. The fraction of sp³-hybridized carbons (Fsp3) is 0.269. The first-order chi connectivity index (χ1) is 15.4. The summed E-state index contributed by atoms with van der Waals surface area (Å²) >= 11 is 0. The van der Waals surface area contributed by atoms with Crippen molar-refractivity contribution in [1.29, 1.82) is 0 Å². The molecule has 5 rings (SSSR count). The average Bonchev–Trinajstić information content (AvgIpc) is 3.27. The van der Waals surface area contributed by atoms with Gasteiger partial charge in [-0.3, -0.25) is 9.47 Å². The molecule has 1 N–H and O–H groups in total. The van der Waals surface area contributed by atoms with Gasteiger partial charge in [-0.1, -0.05) is 54.6 Å². The third kappa shape index (κ3) is 4.69. The van der Waals surface area contributed by atoms with Crippen LogP contribution in [0.1, 0.15) is 17.2 Å². The highest BCUT2D eigenvalue weighted by atomic mass is 16.5. The van der Waals surface area contributed by atoms with E-state index in [-0.39, 0.29) is 6.04 Å². The van der Waals surface area contributed by atoms with Crippen molar-refractivity contribution >= 4 is 11.0 Å². The van der Waals surface area contributed by atoms with Crippen molar-refractivity contribution in [3.63, 3.8) is 0 Å². The molecule has 0 radical (unpaired) electrons. The Labute approximate surface area is 183 Å². The topological polar surface area (TPSA) is 42.3 Å². The number of nitrogens with one attached hydrogen (secondary N) is 1. The molecule has 0 spiro atoms. The van der Waals surface area contributed by atoms with Gasteiger partial charge in [-0.2, -0.15) is 0 Å². The Morgan fingerprint density at radius 3 is 2.42 bits per heavy atom. The van der Waals surface area contributed by atoms with E-state index in [1.165, 1.54) is 11.1 Å². The van der Waals surface area contributed by atoms with E-state index in [0.717, 1.165) is 56.1 Å². The molecule has 1 aromatic heterocycles. The summed E-state index contributed by atoms with van der Waals surface area (Å²) in [6.45, 7) is 5.47. The van der Waals surface area contributed by atoms with E-state index in [2.05, 4.69) is 86.5 Å². The number of imidazole rings is 1. The molecule has 2 heterocycles. The number of fused-ring (bicyclic) bond motifs is 1. The van der Waals surface area contributed by atoms with Gasteiger partial charge in [0.05, 0.1) is 24.2 Å². The second kappa shape index (κ2) is 9.43. The van der Waals surface area contributed by atoms with Crippen LogP contribution in [0.15, 0.2) is 85.2 Å². The summed E-state index contributed by atoms with van der Waals surface area (Å²) in [6.07, 6.45) is 1.89. The number of benzene rings is 3. The molecule has 4 aromatic rings. The molecule has 0 aliphatic carbocycles. The van der Waals surface area contributed by atoms with E-state index in [0.29, 0.717) is 0 Å². The highest BCUT2D eigenvalue weighted by Crippen LogP contribution is 2.20. The molecule has 1 saturated heterocycles. The molecular formula is C26H28N4O. The molecule has 0 amide bonds. The van der Waals surface area contributed by atoms with Gasteiger partial charge in [-0.15, -0.1) is 0 Å². The number of nitrogens with zero attached hydrogens (tertiary/aromatic N) is 3. The van der Waals surface area contributed by atoms with Crippen molar-refractivity contribution in [3.8, 4) is 5.69 Å². The van der Waals surface area contributed by atoms with Gasteiger partial charge in [0.1, 0.15) is 6.33 Å². The Bertz CT molecular complexity index is 1100. The lowest BCUT2D eigenvalue weighted by molar-refractivity contribution is 0.0333. The number of morpholine rings is 1. The monoisotopic (exact) mass is 412 g/mol. The minimum atomic E-state index is 0.288. The molecule has 158 valence electrons. The van der Waals surface area contributed by atoms with Crippen LogP contribution in [-0.4, -0.2) is 47.3 Å². The first-order valence-corrected chi connectivity index (χ1v) is 11.0. The number of ether oxygens (including phenoxy) is 1. The third-order valence-electron chi connectivity index (χ3n) is 5.97. The zero-order chi connectivity index (χ0) is 20.9. The average molecular weight is 413 g/mol. The normalized spacial score (nSPS) is 15.9. The molecule has 1 aliphatic heterocycles. The van der Waals surface area contributed by atoms with Crippen molar-refractivity contribution in [3.05, 3.63) is 96.3 Å². The second-order valence-corrected chi connectivity index (χ2v) is 8.03. The Hall–Kier alpha value is -2.99. The Morgan fingerprint density at radius 1 is 0.871 bits per heavy atom. The number of para-hydroxylation sites is 2. The van der Waals surface area contributed by atoms with E-state index in [1.807, 2.05) is 18.5 Å². The molecule has 31 heavy (non-hydrogen) atoms. The van der Waals surface area contributed by atoms with Crippen molar-refractivity contribution in [2.24, 2.45) is 0 Å². The van der Waals surface area contributed by atoms with Crippen LogP contribution in [0, 0.1) is 0 Å². The molecule has 0 saturated carbocycles. The van der Waals surface area contributed by atoms with E-state index >= 15 is 0 Å². The van der Waals surface area contributed by atoms with E-state index in [1.54, 1.807) is 0 Å². The van der Waals surface area contributed by atoms with Gasteiger partial charge in [0.2, 0.25) is 0 Å². The predicted octanol–water partition coefficient (Wildman–Crippen LogP) is 4.19. The molecule has 0 bridgehead atoms. The van der Waals surface area contributed by atoms with Gasteiger partial charge in [0.15, 0.2) is 0 Å². The van der Waals surface area contributed by atoms with Crippen LogP contribution in [-0.2, 0) is 11.3 Å². The minimum Gasteiger partial charge on any atom is -0.379 e. The van der Waals surface area contributed by atoms with Gasteiger partial charge in [0, 0.05) is 37.9 Å². The van der Waals surface area contributed by atoms with Crippen LogP contribution in [0.2, 0.25) is 0 Å². The van der Waals surface area contributed by atoms with Crippen molar-refractivity contribution in [1.82, 2.24) is 19.8 Å². The molecule has 1 atom stereocenters. The van der Waals surface area contributed by atoms with E-state index in [4.69, 9.17) is 4.74 Å². The zero-order valence-electron chi connectivity index (χ0n) is 17.7. The smallest absolute Gasteiger partial charge is 0.100 e. The Morgan fingerprint density at radius 2 is 1.61 bits per heavy atom. The van der Waals surface area contributed by atoms with Crippen LogP contribution in [0.25, 0.3) is 16.7 Å². The Balaban J connectivity index is 1.28. The quantitative estimate of drug-likeness (QED) is 0.494. The van der Waals surface area contributed by atoms with Gasteiger partial charge in [-0.05, 0) is 35.4 Å². The second-order valence-electron chi connectivity index (χ2n) is 8.03. The lowest BCUT2D eigenvalue weighted by Crippen LogP contribution is -2.41. The fourth-order valence-electron chi connectivity index (χ4n) is 4.20. The lowest BCUT2D eigenvalue weighted by Gasteiger charge is -2.31. The summed E-state index contributed by atoms with van der Waals surface area (Å²) in [5, 5.41) is 3.78. The largest absolute Gasteiger partial charge is 0.379 e. The standard InChI is InChI=1S/C26H28N4O/c1-2-6-22(7-3-1)25(19-29-14-16-31-17-15-29)27-18-21-10-12-23(13-11-21)30-20-28-24-8-4-5-9-26(24)30/h1-13,20,25,27H,14-19H2. The number of rotatable bonds is 7. The fourth-order valence-corrected chi connectivity index (χ4v) is 4.20. The molecule has 3 aromatic carbocycles. The summed E-state index contributed by atoms with van der Waals surface area (Å²) in [6, 6.07) is 28.0. The van der Waals surface area contributed by atoms with Crippen molar-refractivity contribution < 1.29 is 4.74 Å². The minimum absolute atomic E-state index is 0.288. The van der Waals surface area contributed by atoms with Crippen LogP contribution in [0.4, 0.5) is 0 Å². The SMILES string of the molecule is c1ccc(C(CN2CCOCC2)NCc2ccc(-n3cnc4ccccc43)cc2)cc1. The number of hydrogen-bond donors (Lipinski definition) is 1. The summed E-state index contributed by atoms with van der Waals surface area (Å²) in [5.41, 5.74) is 5.88. The maximum absolute atomic E-state index is 5.52. The van der Waals surface area contributed by atoms with Crippen LogP contribution < -0.4 is 5.32 Å². The van der Waals surface area contributed by atoms with Crippen molar-refractivity contribution in [2.45, 2.75) is 12.6 Å². The maximum Gasteiger partial charge on any atom is 0.100 e. The third-order valence-corrected chi connectivity index (χ3v) is 5.97. The predicted molar refractivity (Wildman–Crippen MR) is 124 cm³/mol. The van der Waals surface area contributed by atoms with Crippen LogP contribution in [0.3, 0.4) is 0 Å². The van der Waals surface area contributed by atoms with Crippen LogP contribution >= 0.6 is 0 Å². The molecule has 1 fully saturated rings. The molecule has 1 aliphatic rings. The zero-order valence-corrected chi connectivity index (χ0v) is 17.7. The van der Waals surface area contributed by atoms with E-state index in [9.17, 15) is 0 Å². The van der Waals surface area contributed by atoms with Gasteiger partial charge >= 0.3 is 0 Å². The summed E-state index contributed by atoms with van der Waals surface area (Å²) in [5.74, 6) is 0. The summed E-state index contributed by atoms with van der Waals surface area (Å²) in [7, 11) is 0. The molecule has 5 nitrogen and oxygen atoms in total. The van der Waals surface area contributed by atoms with Gasteiger partial charge in [-0.25, -0.2) is 4.98 Å². The maximum atomic E-state index is 5.52. The molecular weight excluding hydrogens is 384 g/mol. The highest BCUT2D eigenvalue weighted by molar-refractivity contribution is 5.77. The first kappa shape index (κ1) is 19.9. The van der Waals surface area contributed by atoms with Crippen molar-refractivity contribution in [2.75, 3.05) is 32.8 Å². The van der Waals surface area contributed by atoms with Gasteiger partial charge < -0.3 is 10.1 Å². The highest BCUT2D eigenvalue weighted by Gasteiger charge is 2.18. The lowest BCUT2D eigenvalue weighted by atomic mass is 10.1. The molecule has 5 heteroatoms. The van der Waals surface area contributed by atoms with Crippen LogP contribution in [0.5, 0.6) is 0 Å². The Kier molecular flexibility index (Phi) is 6.07. The van der Waals surface area contributed by atoms with Gasteiger partial charge in [0.25, 0.3) is 0 Å². The summed E-state index contributed by atoms with van der Waals surface area (Å²) < 4.78 is 7.65. The first-order valence-electron chi connectivity index (χ1n) is 11.0. The summed E-state index contributed by atoms with van der Waals surface area (Å²) in [4.78, 5) is 6.99. The number of aromatic nitrogens is 2. The number of hydrogen-bond acceptors (Lipinski definition) is 4.